The zero-order chi connectivity index (χ0) is 18.7. The lowest BCUT2D eigenvalue weighted by Gasteiger charge is -2.18. The minimum Gasteiger partial charge on any atom is -0.386 e. The molecule has 2 N–H and O–H groups in total. The molecule has 0 unspecified atom stereocenters. The van der Waals surface area contributed by atoms with Gasteiger partial charge in [0.05, 0.1) is 11.4 Å². The normalized spacial score (nSPS) is 12.0. The molecular weight excluding hydrogens is 340 g/mol. The van der Waals surface area contributed by atoms with Crippen LogP contribution in [-0.2, 0) is 15.4 Å². The Morgan fingerprint density at radius 3 is 2.36 bits per heavy atom. The van der Waals surface area contributed by atoms with E-state index in [4.69, 9.17) is 0 Å². The first-order valence-electron chi connectivity index (χ1n) is 7.80. The third-order valence-electron chi connectivity index (χ3n) is 3.68. The van der Waals surface area contributed by atoms with E-state index in [-0.39, 0.29) is 18.2 Å². The van der Waals surface area contributed by atoms with Gasteiger partial charge in [-0.25, -0.2) is 8.42 Å². The molecular formula is C18H22N2O4S. The molecule has 2 rings (SSSR count). The maximum absolute atomic E-state index is 12.0. The molecule has 0 saturated carbocycles. The zero-order valence-corrected chi connectivity index (χ0v) is 15.3. The summed E-state index contributed by atoms with van der Waals surface area (Å²) < 4.78 is 22.1. The minimum absolute atomic E-state index is 0.0803. The Labute approximate surface area is 147 Å². The van der Waals surface area contributed by atoms with Crippen molar-refractivity contribution in [1.29, 1.82) is 0 Å². The second kappa shape index (κ2) is 7.33. The lowest BCUT2D eigenvalue weighted by Crippen LogP contribution is -2.28. The number of sulfone groups is 1. The number of nitrogens with zero attached hydrogens (tertiary/aromatic N) is 1. The number of hydrogen-bond donors (Lipinski definition) is 2. The summed E-state index contributed by atoms with van der Waals surface area (Å²) in [6, 6.07) is 8.77. The fourth-order valence-electron chi connectivity index (χ4n) is 2.20. The highest BCUT2D eigenvalue weighted by atomic mass is 32.2. The Hall–Kier alpha value is -2.25. The van der Waals surface area contributed by atoms with Gasteiger partial charge in [-0.1, -0.05) is 12.1 Å². The van der Waals surface area contributed by atoms with Crippen LogP contribution in [0.15, 0.2) is 42.7 Å². The number of benzene rings is 1. The molecule has 0 radical (unpaired) electrons. The molecule has 0 saturated heterocycles. The van der Waals surface area contributed by atoms with E-state index >= 15 is 0 Å². The molecule has 0 atom stereocenters. The fraction of sp³-hybridized carbons (Fsp3) is 0.333. The van der Waals surface area contributed by atoms with E-state index in [1.165, 1.54) is 0 Å². The first kappa shape index (κ1) is 19.1. The lowest BCUT2D eigenvalue weighted by atomic mass is 9.96. The maximum Gasteiger partial charge on any atom is 0.251 e. The van der Waals surface area contributed by atoms with Crippen molar-refractivity contribution in [3.05, 3.63) is 53.9 Å². The van der Waals surface area contributed by atoms with Crippen LogP contribution in [0.3, 0.4) is 0 Å². The lowest BCUT2D eigenvalue weighted by molar-refractivity contribution is 0.0782. The van der Waals surface area contributed by atoms with Gasteiger partial charge in [-0.05, 0) is 37.6 Å². The number of amides is 1. The molecule has 0 aliphatic heterocycles. The van der Waals surface area contributed by atoms with Crippen LogP contribution in [-0.4, -0.2) is 43.0 Å². The van der Waals surface area contributed by atoms with Crippen molar-refractivity contribution in [3.8, 4) is 11.1 Å². The second-order valence-electron chi connectivity index (χ2n) is 6.48. The highest BCUT2D eigenvalue weighted by Gasteiger charge is 2.17. The van der Waals surface area contributed by atoms with Gasteiger partial charge in [-0.3, -0.25) is 9.78 Å². The second-order valence-corrected chi connectivity index (χ2v) is 8.74. The molecule has 25 heavy (non-hydrogen) atoms. The summed E-state index contributed by atoms with van der Waals surface area (Å²) in [6.45, 7) is 3.46. The van der Waals surface area contributed by atoms with Gasteiger partial charge in [0, 0.05) is 41.9 Å². The first-order valence-corrected chi connectivity index (χ1v) is 9.86. The average molecular weight is 362 g/mol. The van der Waals surface area contributed by atoms with E-state index in [0.717, 1.165) is 17.4 Å². The smallest absolute Gasteiger partial charge is 0.251 e. The van der Waals surface area contributed by atoms with Gasteiger partial charge in [0.1, 0.15) is 9.84 Å². The van der Waals surface area contributed by atoms with Gasteiger partial charge < -0.3 is 10.4 Å². The summed E-state index contributed by atoms with van der Waals surface area (Å²) in [5, 5.41) is 12.7. The molecule has 1 aromatic carbocycles. The number of aliphatic hydroxyl groups is 1. The third-order valence-corrected chi connectivity index (χ3v) is 4.63. The van der Waals surface area contributed by atoms with Crippen molar-refractivity contribution in [2.75, 3.05) is 18.6 Å². The summed E-state index contributed by atoms with van der Waals surface area (Å²) in [4.78, 5) is 16.2. The van der Waals surface area contributed by atoms with Crippen molar-refractivity contribution < 1.29 is 18.3 Å². The Morgan fingerprint density at radius 2 is 1.80 bits per heavy atom. The molecule has 1 aromatic heterocycles. The number of pyridine rings is 1. The molecule has 0 aliphatic rings. The summed E-state index contributed by atoms with van der Waals surface area (Å²) >= 11 is 0. The van der Waals surface area contributed by atoms with E-state index in [9.17, 15) is 18.3 Å². The zero-order valence-electron chi connectivity index (χ0n) is 14.5. The van der Waals surface area contributed by atoms with Crippen LogP contribution < -0.4 is 5.32 Å². The molecule has 0 fully saturated rings. The van der Waals surface area contributed by atoms with Crippen LogP contribution in [0, 0.1) is 0 Å². The quantitative estimate of drug-likeness (QED) is 0.816. The van der Waals surface area contributed by atoms with E-state index in [1.807, 2.05) is 6.07 Å². The standard InChI is InChI=1S/C18H22N2O4S/c1-18(2,22)16-10-15(11-19-12-16)13-4-6-14(7-5-13)17(21)20-8-9-25(3,23)24/h4-7,10-12,22H,8-9H2,1-3H3,(H,20,21). The topological polar surface area (TPSA) is 96.4 Å². The predicted molar refractivity (Wildman–Crippen MR) is 97.0 cm³/mol. The van der Waals surface area contributed by atoms with Gasteiger partial charge in [0.15, 0.2) is 0 Å². The van der Waals surface area contributed by atoms with Gasteiger partial charge in [0.25, 0.3) is 5.91 Å². The van der Waals surface area contributed by atoms with E-state index in [0.29, 0.717) is 11.1 Å². The summed E-state index contributed by atoms with van der Waals surface area (Å²) in [7, 11) is -3.10. The number of rotatable bonds is 6. The Kier molecular flexibility index (Phi) is 5.59. The van der Waals surface area contributed by atoms with E-state index in [1.54, 1.807) is 50.5 Å². The van der Waals surface area contributed by atoms with Gasteiger partial charge in [-0.15, -0.1) is 0 Å². The number of carbonyl (C=O) groups is 1. The van der Waals surface area contributed by atoms with Crippen molar-refractivity contribution in [2.24, 2.45) is 0 Å². The molecule has 6 nitrogen and oxygen atoms in total. The fourth-order valence-corrected chi connectivity index (χ4v) is 2.67. The van der Waals surface area contributed by atoms with Crippen LogP contribution in [0.5, 0.6) is 0 Å². The summed E-state index contributed by atoms with van der Waals surface area (Å²) in [5.74, 6) is -0.412. The molecule has 2 aromatic rings. The number of aromatic nitrogens is 1. The Morgan fingerprint density at radius 1 is 1.16 bits per heavy atom. The highest BCUT2D eigenvalue weighted by molar-refractivity contribution is 7.90. The van der Waals surface area contributed by atoms with Gasteiger partial charge >= 0.3 is 0 Å². The Balaban J connectivity index is 2.11. The average Bonchev–Trinajstić information content (AvgIpc) is 2.53. The first-order chi connectivity index (χ1) is 11.6. The molecule has 1 amide bonds. The van der Waals surface area contributed by atoms with E-state index in [2.05, 4.69) is 10.3 Å². The molecule has 0 spiro atoms. The van der Waals surface area contributed by atoms with Gasteiger partial charge in [-0.2, -0.15) is 0 Å². The minimum atomic E-state index is -3.10. The van der Waals surface area contributed by atoms with Crippen molar-refractivity contribution in [1.82, 2.24) is 10.3 Å². The number of carbonyl (C=O) groups excluding carboxylic acids is 1. The van der Waals surface area contributed by atoms with Gasteiger partial charge in [0.2, 0.25) is 0 Å². The molecule has 7 heteroatoms. The van der Waals surface area contributed by atoms with E-state index < -0.39 is 15.4 Å². The van der Waals surface area contributed by atoms with Crippen LogP contribution in [0.25, 0.3) is 11.1 Å². The number of nitrogens with one attached hydrogen (secondary N) is 1. The Bertz CT molecular complexity index is 853. The van der Waals surface area contributed by atoms with Crippen LogP contribution in [0.1, 0.15) is 29.8 Å². The molecule has 0 bridgehead atoms. The summed E-state index contributed by atoms with van der Waals surface area (Å²) in [5.41, 5.74) is 1.87. The van der Waals surface area contributed by atoms with Crippen molar-refractivity contribution in [2.45, 2.75) is 19.4 Å². The largest absolute Gasteiger partial charge is 0.386 e. The molecule has 134 valence electrons. The van der Waals surface area contributed by atoms with Crippen LogP contribution in [0.4, 0.5) is 0 Å². The van der Waals surface area contributed by atoms with Crippen molar-refractivity contribution >= 4 is 15.7 Å². The molecule has 0 aliphatic carbocycles. The summed E-state index contributed by atoms with van der Waals surface area (Å²) in [6.07, 6.45) is 4.44. The van der Waals surface area contributed by atoms with Crippen molar-refractivity contribution in [3.63, 3.8) is 0 Å². The predicted octanol–water partition coefficient (Wildman–Crippen LogP) is 1.75. The van der Waals surface area contributed by atoms with Crippen LogP contribution in [0.2, 0.25) is 0 Å². The monoisotopic (exact) mass is 362 g/mol. The highest BCUT2D eigenvalue weighted by Crippen LogP contribution is 2.25. The maximum atomic E-state index is 12.0. The van der Waals surface area contributed by atoms with Crippen LogP contribution >= 0.6 is 0 Å². The third kappa shape index (κ3) is 5.65. The number of hydrogen-bond acceptors (Lipinski definition) is 5. The SMILES string of the molecule is CC(C)(O)c1cncc(-c2ccc(C(=O)NCCS(C)(=O)=O)cc2)c1. The molecule has 1 heterocycles.